The van der Waals surface area contributed by atoms with Crippen LogP contribution in [0, 0.1) is 11.7 Å². The molecule has 35 heavy (non-hydrogen) atoms. The first-order valence-corrected chi connectivity index (χ1v) is 11.7. The van der Waals surface area contributed by atoms with Gasteiger partial charge in [0.15, 0.2) is 0 Å². The van der Waals surface area contributed by atoms with Crippen LogP contribution < -0.4 is 9.64 Å². The van der Waals surface area contributed by atoms with Crippen molar-refractivity contribution in [1.82, 2.24) is 20.0 Å². The van der Waals surface area contributed by atoms with Crippen molar-refractivity contribution in [2.24, 2.45) is 5.92 Å². The number of amides is 1. The van der Waals surface area contributed by atoms with Crippen LogP contribution in [-0.2, 0) is 11.3 Å². The van der Waals surface area contributed by atoms with Crippen molar-refractivity contribution in [3.8, 4) is 17.0 Å². The Morgan fingerprint density at radius 1 is 1.11 bits per heavy atom. The van der Waals surface area contributed by atoms with E-state index in [9.17, 15) is 9.18 Å². The Morgan fingerprint density at radius 3 is 2.46 bits per heavy atom. The van der Waals surface area contributed by atoms with Gasteiger partial charge < -0.3 is 9.64 Å². The van der Waals surface area contributed by atoms with Gasteiger partial charge in [-0.25, -0.2) is 19.4 Å². The van der Waals surface area contributed by atoms with Crippen molar-refractivity contribution < 1.29 is 18.8 Å². The molecule has 1 saturated heterocycles. The molecule has 0 bridgehead atoms. The number of pyridine rings is 1. The number of carbonyl (C=O) groups excluding carboxylic acids is 1. The standard InChI is InChI=1S/C26H30FN5O3/c1-4-18-14-29-26(30-15-18)32-11-9-19(10-12-32)17-35-21-6-8-24(28-16-21)20-5-7-22(23(27)13-20)25(33)31(2)34-3/h5-8,13-16,19H,4,9-12,17H2,1-3H3. The second-order valence-corrected chi connectivity index (χ2v) is 8.55. The van der Waals surface area contributed by atoms with Crippen molar-refractivity contribution in [2.45, 2.75) is 26.2 Å². The molecule has 1 aromatic carbocycles. The molecule has 0 N–H and O–H groups in total. The maximum absolute atomic E-state index is 14.5. The van der Waals surface area contributed by atoms with Crippen molar-refractivity contribution in [3.05, 3.63) is 65.9 Å². The summed E-state index contributed by atoms with van der Waals surface area (Å²) in [5.74, 6) is 0.729. The number of aromatic nitrogens is 3. The summed E-state index contributed by atoms with van der Waals surface area (Å²) >= 11 is 0. The van der Waals surface area contributed by atoms with Crippen LogP contribution in [-0.4, -0.2) is 59.8 Å². The fraction of sp³-hybridized carbons (Fsp3) is 0.385. The number of halogens is 1. The molecular formula is C26H30FN5O3. The number of ether oxygens (including phenoxy) is 1. The normalized spacial score (nSPS) is 14.1. The lowest BCUT2D eigenvalue weighted by molar-refractivity contribution is -0.0759. The molecule has 0 aliphatic carbocycles. The molecule has 3 aromatic rings. The number of anilines is 1. The summed E-state index contributed by atoms with van der Waals surface area (Å²) in [5.41, 5.74) is 2.25. The smallest absolute Gasteiger partial charge is 0.280 e. The van der Waals surface area contributed by atoms with E-state index in [0.717, 1.165) is 48.9 Å². The van der Waals surface area contributed by atoms with Gasteiger partial charge >= 0.3 is 0 Å². The van der Waals surface area contributed by atoms with E-state index in [1.807, 2.05) is 18.5 Å². The first kappa shape index (κ1) is 24.5. The van der Waals surface area contributed by atoms with Gasteiger partial charge in [-0.3, -0.25) is 14.6 Å². The molecule has 0 atom stereocenters. The third kappa shape index (κ3) is 5.92. The molecule has 0 radical (unpaired) electrons. The molecule has 8 nitrogen and oxygen atoms in total. The first-order valence-electron chi connectivity index (χ1n) is 11.7. The number of carbonyl (C=O) groups is 1. The van der Waals surface area contributed by atoms with E-state index in [1.165, 1.54) is 26.3 Å². The number of aryl methyl sites for hydroxylation is 1. The summed E-state index contributed by atoms with van der Waals surface area (Å²) in [4.78, 5) is 32.6. The van der Waals surface area contributed by atoms with Crippen molar-refractivity contribution >= 4 is 11.9 Å². The topological polar surface area (TPSA) is 80.7 Å². The highest BCUT2D eigenvalue weighted by atomic mass is 19.1. The molecule has 1 fully saturated rings. The number of piperidine rings is 1. The monoisotopic (exact) mass is 479 g/mol. The fourth-order valence-corrected chi connectivity index (χ4v) is 3.94. The van der Waals surface area contributed by atoms with E-state index in [0.29, 0.717) is 29.5 Å². The van der Waals surface area contributed by atoms with Crippen molar-refractivity contribution in [3.63, 3.8) is 0 Å². The van der Waals surface area contributed by atoms with E-state index in [4.69, 9.17) is 9.57 Å². The second-order valence-electron chi connectivity index (χ2n) is 8.55. The second kappa shape index (κ2) is 11.2. The minimum absolute atomic E-state index is 0.0614. The van der Waals surface area contributed by atoms with E-state index in [2.05, 4.69) is 26.8 Å². The molecule has 4 rings (SSSR count). The number of hydrogen-bond acceptors (Lipinski definition) is 7. The summed E-state index contributed by atoms with van der Waals surface area (Å²) in [6, 6.07) is 8.01. The van der Waals surface area contributed by atoms with Crippen LogP contribution in [0.4, 0.5) is 10.3 Å². The van der Waals surface area contributed by atoms with Gasteiger partial charge in [0.05, 0.1) is 31.2 Å². The lowest BCUT2D eigenvalue weighted by atomic mass is 9.98. The third-order valence-corrected chi connectivity index (χ3v) is 6.27. The molecule has 9 heteroatoms. The number of nitrogens with zero attached hydrogens (tertiary/aromatic N) is 5. The van der Waals surface area contributed by atoms with E-state index >= 15 is 0 Å². The number of hydrogen-bond donors (Lipinski definition) is 0. The zero-order valence-electron chi connectivity index (χ0n) is 20.3. The fourth-order valence-electron chi connectivity index (χ4n) is 3.94. The average Bonchev–Trinajstić information content (AvgIpc) is 2.91. The summed E-state index contributed by atoms with van der Waals surface area (Å²) in [7, 11) is 2.78. The van der Waals surface area contributed by atoms with Gasteiger partial charge in [0.1, 0.15) is 11.6 Å². The van der Waals surface area contributed by atoms with Crippen LogP contribution in [0.25, 0.3) is 11.3 Å². The van der Waals surface area contributed by atoms with Crippen molar-refractivity contribution in [1.29, 1.82) is 0 Å². The van der Waals surface area contributed by atoms with E-state index in [1.54, 1.807) is 18.3 Å². The molecule has 1 amide bonds. The van der Waals surface area contributed by atoms with Crippen LogP contribution in [0.3, 0.4) is 0 Å². The lowest BCUT2D eigenvalue weighted by Gasteiger charge is -2.31. The maximum atomic E-state index is 14.5. The molecule has 0 unspecified atom stereocenters. The van der Waals surface area contributed by atoms with Gasteiger partial charge in [-0.2, -0.15) is 0 Å². The van der Waals surface area contributed by atoms with Crippen molar-refractivity contribution in [2.75, 3.05) is 38.8 Å². The third-order valence-electron chi connectivity index (χ3n) is 6.27. The van der Waals surface area contributed by atoms with Crippen LogP contribution in [0.1, 0.15) is 35.7 Å². The summed E-state index contributed by atoms with van der Waals surface area (Å²) < 4.78 is 20.5. The number of rotatable bonds is 8. The summed E-state index contributed by atoms with van der Waals surface area (Å²) in [5, 5.41) is 0.976. The molecule has 0 saturated carbocycles. The van der Waals surface area contributed by atoms with E-state index < -0.39 is 11.7 Å². The molecular weight excluding hydrogens is 449 g/mol. The van der Waals surface area contributed by atoms with Gasteiger partial charge in [-0.15, -0.1) is 0 Å². The first-order chi connectivity index (χ1) is 17.0. The highest BCUT2D eigenvalue weighted by Crippen LogP contribution is 2.25. The Balaban J connectivity index is 1.29. The highest BCUT2D eigenvalue weighted by molar-refractivity contribution is 5.94. The minimum atomic E-state index is -0.628. The van der Waals surface area contributed by atoms with Crippen LogP contribution >= 0.6 is 0 Å². The molecule has 1 aliphatic heterocycles. The zero-order chi connectivity index (χ0) is 24.8. The predicted molar refractivity (Wildman–Crippen MR) is 131 cm³/mol. The molecule has 0 spiro atoms. The lowest BCUT2D eigenvalue weighted by Crippen LogP contribution is -2.36. The Morgan fingerprint density at radius 2 is 1.86 bits per heavy atom. The Labute approximate surface area is 204 Å². The molecule has 2 aromatic heterocycles. The van der Waals surface area contributed by atoms with Crippen LogP contribution in [0.2, 0.25) is 0 Å². The predicted octanol–water partition coefficient (Wildman–Crippen LogP) is 4.17. The largest absolute Gasteiger partial charge is 0.492 e. The number of hydroxylamine groups is 2. The van der Waals surface area contributed by atoms with Gasteiger partial charge in [-0.05, 0) is 55.0 Å². The quantitative estimate of drug-likeness (QED) is 0.449. The Bertz CT molecular complexity index is 1130. The summed E-state index contributed by atoms with van der Waals surface area (Å²) in [6.45, 7) is 4.52. The van der Waals surface area contributed by atoms with Gasteiger partial charge in [0.25, 0.3) is 5.91 Å². The van der Waals surface area contributed by atoms with Gasteiger partial charge in [-0.1, -0.05) is 13.0 Å². The van der Waals surface area contributed by atoms with Gasteiger partial charge in [0, 0.05) is 38.1 Å². The average molecular weight is 480 g/mol. The maximum Gasteiger partial charge on any atom is 0.280 e. The molecule has 3 heterocycles. The van der Waals surface area contributed by atoms with Crippen LogP contribution in [0.5, 0.6) is 5.75 Å². The zero-order valence-corrected chi connectivity index (χ0v) is 20.3. The summed E-state index contributed by atoms with van der Waals surface area (Å²) in [6.07, 6.45) is 8.39. The SMILES string of the molecule is CCc1cnc(N2CCC(COc3ccc(-c4ccc(C(=O)N(C)OC)c(F)c4)nc3)CC2)nc1. The Kier molecular flexibility index (Phi) is 7.87. The van der Waals surface area contributed by atoms with E-state index in [-0.39, 0.29) is 5.56 Å². The number of benzene rings is 1. The molecule has 1 aliphatic rings. The molecule has 184 valence electrons. The Hall–Kier alpha value is -3.59. The minimum Gasteiger partial charge on any atom is -0.492 e. The highest BCUT2D eigenvalue weighted by Gasteiger charge is 2.22. The van der Waals surface area contributed by atoms with Gasteiger partial charge in [0.2, 0.25) is 5.95 Å². The van der Waals surface area contributed by atoms with Crippen LogP contribution in [0.15, 0.2) is 48.9 Å².